The van der Waals surface area contributed by atoms with Gasteiger partial charge in [0.1, 0.15) is 0 Å². The largest absolute Gasteiger partial charge is 0.469 e. The monoisotopic (exact) mass is 886 g/mol. The number of carbonyl (C=O) groups is 1. The lowest BCUT2D eigenvalue weighted by Gasteiger charge is -2.24. The maximum absolute atomic E-state index is 12.6. The number of amides is 1. The number of hydrogen-bond acceptors (Lipinski definition) is 4. The summed E-state index contributed by atoms with van der Waals surface area (Å²) >= 11 is 0. The average molecular weight is 886 g/mol. The second-order valence-electron chi connectivity index (χ2n) is 19.3. The van der Waals surface area contributed by atoms with Gasteiger partial charge in [-0.1, -0.05) is 296 Å². The van der Waals surface area contributed by atoms with E-state index in [9.17, 15) is 24.3 Å². The minimum Gasteiger partial charge on any atom is -0.391 e. The standard InChI is InChI=1S/C53H108NO6P/c1-3-5-7-9-11-13-15-16-17-18-19-20-21-22-23-24-25-26-27-28-29-30-31-32-33-34-35-36-37-38-39-41-43-45-47-49-53(56)54-51(50-60-61(57,58)59)52(55)48-46-44-42-40-14-12-10-8-6-4-2/h51-52,55H,3-50H2,1-2H3,(H,54,56)(H2,57,58,59)/t51-,52+/m0/s1. The highest BCUT2D eigenvalue weighted by molar-refractivity contribution is 7.46. The van der Waals surface area contributed by atoms with Crippen LogP contribution in [0.1, 0.15) is 316 Å². The molecule has 366 valence electrons. The van der Waals surface area contributed by atoms with E-state index in [1.165, 1.54) is 250 Å². The quantitative estimate of drug-likeness (QED) is 0.0357. The van der Waals surface area contributed by atoms with Gasteiger partial charge in [0.25, 0.3) is 0 Å². The molecule has 0 fully saturated rings. The van der Waals surface area contributed by atoms with E-state index in [-0.39, 0.29) is 5.91 Å². The summed E-state index contributed by atoms with van der Waals surface area (Å²) in [7, 11) is -4.69. The van der Waals surface area contributed by atoms with Crippen LogP contribution in [0.4, 0.5) is 0 Å². The molecular formula is C53H108NO6P. The van der Waals surface area contributed by atoms with Crippen molar-refractivity contribution in [2.75, 3.05) is 6.61 Å². The number of rotatable bonds is 52. The molecule has 0 aliphatic carbocycles. The number of phosphoric acid groups is 1. The minimum atomic E-state index is -4.69. The average Bonchev–Trinajstić information content (AvgIpc) is 3.24. The first-order valence-corrected chi connectivity index (χ1v) is 29.0. The zero-order valence-electron chi connectivity index (χ0n) is 41.1. The SMILES string of the molecule is CCCCCCCCCCCCCCCCCCCCCCCCCCCCCCCCCCCCCC(=O)N[C@@H](COP(=O)(O)O)[C@H](O)CCCCCCCCCCCC. The summed E-state index contributed by atoms with van der Waals surface area (Å²) in [6.45, 7) is 4.14. The number of unbranched alkanes of at least 4 members (excludes halogenated alkanes) is 43. The Kier molecular flexibility index (Phi) is 48.6. The van der Waals surface area contributed by atoms with E-state index in [4.69, 9.17) is 0 Å². The van der Waals surface area contributed by atoms with Crippen molar-refractivity contribution >= 4 is 13.7 Å². The Balaban J connectivity index is 3.53. The molecule has 0 unspecified atom stereocenters. The van der Waals surface area contributed by atoms with Crippen LogP contribution in [0.15, 0.2) is 0 Å². The van der Waals surface area contributed by atoms with Gasteiger partial charge in [-0.2, -0.15) is 0 Å². The van der Waals surface area contributed by atoms with Crippen molar-refractivity contribution in [3.8, 4) is 0 Å². The summed E-state index contributed by atoms with van der Waals surface area (Å²) in [4.78, 5) is 31.0. The molecular weight excluding hydrogens is 778 g/mol. The van der Waals surface area contributed by atoms with Crippen LogP contribution >= 0.6 is 7.82 Å². The molecule has 0 aromatic carbocycles. The number of aliphatic hydroxyl groups excluding tert-OH is 1. The lowest BCUT2D eigenvalue weighted by Crippen LogP contribution is -2.46. The van der Waals surface area contributed by atoms with Crippen LogP contribution in [0.2, 0.25) is 0 Å². The smallest absolute Gasteiger partial charge is 0.391 e. The molecule has 0 saturated carbocycles. The molecule has 0 rings (SSSR count). The van der Waals surface area contributed by atoms with Gasteiger partial charge in [-0.3, -0.25) is 9.32 Å². The van der Waals surface area contributed by atoms with Gasteiger partial charge < -0.3 is 20.2 Å². The van der Waals surface area contributed by atoms with E-state index in [0.717, 1.165) is 38.5 Å². The molecule has 0 aromatic heterocycles. The maximum atomic E-state index is 12.6. The van der Waals surface area contributed by atoms with Crippen molar-refractivity contribution in [1.29, 1.82) is 0 Å². The molecule has 8 heteroatoms. The topological polar surface area (TPSA) is 116 Å². The van der Waals surface area contributed by atoms with Crippen LogP contribution in [0.5, 0.6) is 0 Å². The molecule has 1 amide bonds. The molecule has 61 heavy (non-hydrogen) atoms. The zero-order chi connectivity index (χ0) is 44.6. The Morgan fingerprint density at radius 1 is 0.410 bits per heavy atom. The molecule has 7 nitrogen and oxygen atoms in total. The second kappa shape index (κ2) is 49.0. The van der Waals surface area contributed by atoms with Crippen LogP contribution in [-0.2, 0) is 13.9 Å². The fourth-order valence-corrected chi connectivity index (χ4v) is 9.29. The van der Waals surface area contributed by atoms with Crippen molar-refractivity contribution in [2.45, 2.75) is 328 Å². The normalized spacial score (nSPS) is 12.9. The van der Waals surface area contributed by atoms with Crippen LogP contribution in [-0.4, -0.2) is 39.6 Å². The van der Waals surface area contributed by atoms with Gasteiger partial charge in [-0.05, 0) is 12.8 Å². The van der Waals surface area contributed by atoms with Gasteiger partial charge >= 0.3 is 7.82 Å². The minimum absolute atomic E-state index is 0.188. The van der Waals surface area contributed by atoms with Crippen LogP contribution in [0.3, 0.4) is 0 Å². The van der Waals surface area contributed by atoms with Gasteiger partial charge in [-0.15, -0.1) is 0 Å². The van der Waals surface area contributed by atoms with Gasteiger partial charge in [0.2, 0.25) is 5.91 Å². The molecule has 0 heterocycles. The number of phosphoric ester groups is 1. The highest BCUT2D eigenvalue weighted by Crippen LogP contribution is 2.36. The first-order chi connectivity index (χ1) is 29.8. The van der Waals surface area contributed by atoms with Crippen LogP contribution < -0.4 is 5.32 Å². The van der Waals surface area contributed by atoms with Crippen LogP contribution in [0.25, 0.3) is 0 Å². The van der Waals surface area contributed by atoms with Gasteiger partial charge in [-0.25, -0.2) is 4.57 Å². The van der Waals surface area contributed by atoms with Crippen molar-refractivity contribution in [2.24, 2.45) is 0 Å². The first-order valence-electron chi connectivity index (χ1n) is 27.5. The molecule has 0 aliphatic rings. The summed E-state index contributed by atoms with van der Waals surface area (Å²) in [5.74, 6) is -0.188. The molecule has 0 radical (unpaired) electrons. The lowest BCUT2D eigenvalue weighted by molar-refractivity contribution is -0.123. The van der Waals surface area contributed by atoms with E-state index in [2.05, 4.69) is 23.7 Å². The summed E-state index contributed by atoms with van der Waals surface area (Å²) in [6.07, 6.45) is 60.2. The van der Waals surface area contributed by atoms with Gasteiger partial charge in [0.15, 0.2) is 0 Å². The van der Waals surface area contributed by atoms with Gasteiger partial charge in [0.05, 0.1) is 18.8 Å². The zero-order valence-corrected chi connectivity index (χ0v) is 42.0. The third kappa shape index (κ3) is 50.4. The Morgan fingerprint density at radius 2 is 0.639 bits per heavy atom. The van der Waals surface area contributed by atoms with Crippen molar-refractivity contribution in [3.05, 3.63) is 0 Å². The number of aliphatic hydroxyl groups is 1. The summed E-state index contributed by atoms with van der Waals surface area (Å²) in [5, 5.41) is 13.5. The van der Waals surface area contributed by atoms with Crippen LogP contribution in [0, 0.1) is 0 Å². The third-order valence-corrected chi connectivity index (χ3v) is 13.6. The van der Waals surface area contributed by atoms with Crippen molar-refractivity contribution in [3.63, 3.8) is 0 Å². The Labute approximate surface area is 380 Å². The van der Waals surface area contributed by atoms with E-state index < -0.39 is 26.6 Å². The molecule has 4 N–H and O–H groups in total. The van der Waals surface area contributed by atoms with E-state index in [1.54, 1.807) is 0 Å². The van der Waals surface area contributed by atoms with Crippen molar-refractivity contribution in [1.82, 2.24) is 5.32 Å². The van der Waals surface area contributed by atoms with E-state index >= 15 is 0 Å². The molecule has 0 spiro atoms. The molecule has 0 saturated heterocycles. The highest BCUT2D eigenvalue weighted by atomic mass is 31.2. The molecule has 0 bridgehead atoms. The summed E-state index contributed by atoms with van der Waals surface area (Å²) in [6, 6.07) is -0.818. The predicted molar refractivity (Wildman–Crippen MR) is 264 cm³/mol. The highest BCUT2D eigenvalue weighted by Gasteiger charge is 2.25. The maximum Gasteiger partial charge on any atom is 0.469 e. The number of nitrogens with one attached hydrogen (secondary N) is 1. The van der Waals surface area contributed by atoms with Gasteiger partial charge in [0, 0.05) is 6.42 Å². The Hall–Kier alpha value is -0.460. The van der Waals surface area contributed by atoms with E-state index in [1.807, 2.05) is 0 Å². The predicted octanol–water partition coefficient (Wildman–Crippen LogP) is 17.3. The Morgan fingerprint density at radius 3 is 0.885 bits per heavy atom. The molecule has 0 aromatic rings. The fourth-order valence-electron chi connectivity index (χ4n) is 8.94. The number of hydrogen-bond donors (Lipinski definition) is 4. The summed E-state index contributed by atoms with van der Waals surface area (Å²) < 4.78 is 16.0. The fraction of sp³-hybridized carbons (Fsp3) is 0.981. The Bertz CT molecular complexity index is 915. The third-order valence-electron chi connectivity index (χ3n) is 13.1. The first kappa shape index (κ1) is 60.5. The molecule has 0 aliphatic heterocycles. The molecule has 2 atom stereocenters. The second-order valence-corrected chi connectivity index (χ2v) is 20.5. The number of carbonyl (C=O) groups excluding carboxylic acids is 1. The van der Waals surface area contributed by atoms with Crippen molar-refractivity contribution < 1.29 is 28.8 Å². The lowest BCUT2D eigenvalue weighted by atomic mass is 10.0. The summed E-state index contributed by atoms with van der Waals surface area (Å²) in [5.41, 5.74) is 0. The van der Waals surface area contributed by atoms with E-state index in [0.29, 0.717) is 12.8 Å².